The number of carbonyl (C=O) groups excluding carboxylic acids is 1. The number of carbonyl (C=O) groups is 1. The second-order valence-corrected chi connectivity index (χ2v) is 7.96. The Morgan fingerprint density at radius 3 is 2.28 bits per heavy atom. The highest BCUT2D eigenvalue weighted by Gasteiger charge is 2.29. The molecule has 0 aromatic heterocycles. The highest BCUT2D eigenvalue weighted by atomic mass is 32.2. The van der Waals surface area contributed by atoms with Crippen molar-refractivity contribution >= 4 is 16.0 Å². The van der Waals surface area contributed by atoms with Gasteiger partial charge in [-0.05, 0) is 50.1 Å². The van der Waals surface area contributed by atoms with Gasteiger partial charge in [-0.3, -0.25) is 0 Å². The first kappa shape index (κ1) is 19.1. The van der Waals surface area contributed by atoms with Crippen molar-refractivity contribution in [1.82, 2.24) is 4.31 Å². The van der Waals surface area contributed by atoms with Crippen LogP contribution in [0, 0.1) is 6.92 Å². The molecule has 6 heteroatoms. The smallest absolute Gasteiger partial charge is 0.337 e. The minimum Gasteiger partial charge on any atom is -0.465 e. The van der Waals surface area contributed by atoms with Gasteiger partial charge in [0.25, 0.3) is 0 Å². The van der Waals surface area contributed by atoms with Crippen LogP contribution >= 0.6 is 0 Å². The van der Waals surface area contributed by atoms with E-state index in [1.54, 1.807) is 13.0 Å². The summed E-state index contributed by atoms with van der Waals surface area (Å²) < 4.78 is 32.5. The number of benzene rings is 2. The van der Waals surface area contributed by atoms with E-state index in [1.807, 2.05) is 44.2 Å². The van der Waals surface area contributed by atoms with Crippen molar-refractivity contribution in [3.8, 4) is 0 Å². The lowest BCUT2D eigenvalue weighted by molar-refractivity contribution is 0.0600. The van der Waals surface area contributed by atoms with Gasteiger partial charge >= 0.3 is 5.97 Å². The summed E-state index contributed by atoms with van der Waals surface area (Å²) in [6.07, 6.45) is 0. The van der Waals surface area contributed by atoms with Gasteiger partial charge in [-0.25, -0.2) is 13.2 Å². The molecule has 0 aliphatic heterocycles. The summed E-state index contributed by atoms with van der Waals surface area (Å²) in [5.74, 6) is -0.489. The Labute approximate surface area is 149 Å². The van der Waals surface area contributed by atoms with Gasteiger partial charge in [0, 0.05) is 12.6 Å². The normalized spacial score (nSPS) is 11.8. The molecule has 2 rings (SSSR count). The number of ether oxygens (including phenoxy) is 1. The van der Waals surface area contributed by atoms with E-state index in [1.165, 1.54) is 23.5 Å². The lowest BCUT2D eigenvalue weighted by Gasteiger charge is -2.27. The van der Waals surface area contributed by atoms with E-state index in [-0.39, 0.29) is 10.9 Å². The first-order valence-electron chi connectivity index (χ1n) is 8.02. The van der Waals surface area contributed by atoms with E-state index < -0.39 is 16.0 Å². The highest BCUT2D eigenvalue weighted by Crippen LogP contribution is 2.25. The van der Waals surface area contributed by atoms with Crippen LogP contribution in [0.1, 0.15) is 35.3 Å². The third kappa shape index (κ3) is 4.27. The second-order valence-electron chi connectivity index (χ2n) is 6.10. The van der Waals surface area contributed by atoms with Crippen LogP contribution in [0.5, 0.6) is 0 Å². The van der Waals surface area contributed by atoms with Crippen molar-refractivity contribution in [1.29, 1.82) is 0 Å². The molecular formula is C19H23NO4S. The van der Waals surface area contributed by atoms with Crippen molar-refractivity contribution in [2.75, 3.05) is 7.11 Å². The predicted molar refractivity (Wildman–Crippen MR) is 96.8 cm³/mol. The molecule has 0 fully saturated rings. The van der Waals surface area contributed by atoms with Gasteiger partial charge in [-0.15, -0.1) is 0 Å². The number of rotatable bonds is 6. The van der Waals surface area contributed by atoms with Gasteiger partial charge < -0.3 is 4.74 Å². The van der Waals surface area contributed by atoms with Gasteiger partial charge in [-0.1, -0.05) is 30.3 Å². The second kappa shape index (κ2) is 7.80. The molecule has 0 aliphatic carbocycles. The van der Waals surface area contributed by atoms with E-state index in [0.29, 0.717) is 17.7 Å². The number of hydrogen-bond acceptors (Lipinski definition) is 4. The Morgan fingerprint density at radius 1 is 1.12 bits per heavy atom. The molecule has 0 unspecified atom stereocenters. The van der Waals surface area contributed by atoms with Crippen LogP contribution in [-0.2, 0) is 21.3 Å². The molecule has 0 bridgehead atoms. The van der Waals surface area contributed by atoms with Gasteiger partial charge in [0.2, 0.25) is 10.0 Å². The molecular weight excluding hydrogens is 338 g/mol. The third-order valence-electron chi connectivity index (χ3n) is 3.94. The van der Waals surface area contributed by atoms with E-state index in [0.717, 1.165) is 5.56 Å². The molecule has 0 N–H and O–H groups in total. The van der Waals surface area contributed by atoms with Gasteiger partial charge in [-0.2, -0.15) is 4.31 Å². The molecule has 0 saturated carbocycles. The molecule has 0 amide bonds. The summed E-state index contributed by atoms with van der Waals surface area (Å²) in [6.45, 7) is 5.66. The summed E-state index contributed by atoms with van der Waals surface area (Å²) in [7, 11) is -2.40. The maximum atomic E-state index is 13.2. The topological polar surface area (TPSA) is 63.7 Å². The molecule has 0 aliphatic rings. The number of hydrogen-bond donors (Lipinski definition) is 0. The van der Waals surface area contributed by atoms with Crippen molar-refractivity contribution in [3.05, 3.63) is 65.2 Å². The van der Waals surface area contributed by atoms with Crippen molar-refractivity contribution < 1.29 is 17.9 Å². The summed E-state index contributed by atoms with van der Waals surface area (Å²) in [4.78, 5) is 11.8. The fourth-order valence-corrected chi connectivity index (χ4v) is 4.45. The first-order valence-corrected chi connectivity index (χ1v) is 9.46. The van der Waals surface area contributed by atoms with Gasteiger partial charge in [0.05, 0.1) is 17.6 Å². The zero-order chi connectivity index (χ0) is 18.6. The van der Waals surface area contributed by atoms with E-state index in [4.69, 9.17) is 0 Å². The Bertz CT molecular complexity index is 845. The van der Waals surface area contributed by atoms with Crippen LogP contribution < -0.4 is 0 Å². The lowest BCUT2D eigenvalue weighted by atomic mass is 10.1. The van der Waals surface area contributed by atoms with Crippen LogP contribution in [0.3, 0.4) is 0 Å². The fraction of sp³-hybridized carbons (Fsp3) is 0.316. The molecule has 134 valence electrons. The minimum atomic E-state index is -3.70. The largest absolute Gasteiger partial charge is 0.465 e. The maximum Gasteiger partial charge on any atom is 0.337 e. The van der Waals surface area contributed by atoms with Crippen LogP contribution in [0.2, 0.25) is 0 Å². The van der Waals surface area contributed by atoms with Crippen molar-refractivity contribution in [2.24, 2.45) is 0 Å². The molecule has 0 saturated heterocycles. The van der Waals surface area contributed by atoms with Gasteiger partial charge in [0.15, 0.2) is 0 Å². The molecule has 0 atom stereocenters. The monoisotopic (exact) mass is 361 g/mol. The average Bonchev–Trinajstić information content (AvgIpc) is 2.59. The molecule has 0 heterocycles. The Kier molecular flexibility index (Phi) is 5.98. The van der Waals surface area contributed by atoms with Crippen LogP contribution in [0.25, 0.3) is 0 Å². The number of methoxy groups -OCH3 is 1. The number of aryl methyl sites for hydroxylation is 1. The Morgan fingerprint density at radius 2 is 1.76 bits per heavy atom. The van der Waals surface area contributed by atoms with Crippen molar-refractivity contribution in [2.45, 2.75) is 38.3 Å². The zero-order valence-corrected chi connectivity index (χ0v) is 15.7. The van der Waals surface area contributed by atoms with Gasteiger partial charge in [0.1, 0.15) is 0 Å². The molecule has 0 radical (unpaired) electrons. The van der Waals surface area contributed by atoms with E-state index in [2.05, 4.69) is 4.74 Å². The first-order chi connectivity index (χ1) is 11.8. The minimum absolute atomic E-state index is 0.199. The zero-order valence-electron chi connectivity index (χ0n) is 14.9. The predicted octanol–water partition coefficient (Wildman–Crippen LogP) is 3.38. The average molecular weight is 361 g/mol. The summed E-state index contributed by atoms with van der Waals surface area (Å²) >= 11 is 0. The van der Waals surface area contributed by atoms with E-state index >= 15 is 0 Å². The van der Waals surface area contributed by atoms with Crippen LogP contribution in [-0.4, -0.2) is 31.8 Å². The highest BCUT2D eigenvalue weighted by molar-refractivity contribution is 7.89. The maximum absolute atomic E-state index is 13.2. The lowest BCUT2D eigenvalue weighted by Crippen LogP contribution is -2.36. The SMILES string of the molecule is COC(=O)c1ccc(S(=O)(=O)N(Cc2ccccc2)C(C)C)c(C)c1. The number of nitrogens with zero attached hydrogens (tertiary/aromatic N) is 1. The Hall–Kier alpha value is -2.18. The quantitative estimate of drug-likeness (QED) is 0.740. The van der Waals surface area contributed by atoms with E-state index in [9.17, 15) is 13.2 Å². The van der Waals surface area contributed by atoms with Crippen molar-refractivity contribution in [3.63, 3.8) is 0 Å². The number of sulfonamides is 1. The molecule has 5 nitrogen and oxygen atoms in total. The summed E-state index contributed by atoms with van der Waals surface area (Å²) in [6, 6.07) is 13.8. The fourth-order valence-electron chi connectivity index (χ4n) is 2.62. The summed E-state index contributed by atoms with van der Waals surface area (Å²) in [5.41, 5.74) is 1.77. The van der Waals surface area contributed by atoms with Crippen LogP contribution in [0.15, 0.2) is 53.4 Å². The van der Waals surface area contributed by atoms with Crippen LogP contribution in [0.4, 0.5) is 0 Å². The molecule has 25 heavy (non-hydrogen) atoms. The standard InChI is InChI=1S/C19H23NO4S/c1-14(2)20(13-16-8-6-5-7-9-16)25(22,23)18-11-10-17(12-15(18)3)19(21)24-4/h5-12,14H,13H2,1-4H3. The molecule has 2 aromatic rings. The molecule has 0 spiro atoms. The third-order valence-corrected chi connectivity index (χ3v) is 6.12. The number of esters is 1. The molecule has 2 aromatic carbocycles. The summed E-state index contributed by atoms with van der Waals surface area (Å²) in [5, 5.41) is 0. The Balaban J connectivity index is 2.42.